The van der Waals surface area contributed by atoms with Crippen molar-refractivity contribution in [3.05, 3.63) is 97.2 Å². The number of aromatic nitrogens is 1. The number of ether oxygens (including phenoxy) is 4. The van der Waals surface area contributed by atoms with Gasteiger partial charge in [0.05, 0.1) is 43.6 Å². The molecule has 4 rings (SSSR count). The summed E-state index contributed by atoms with van der Waals surface area (Å²) in [6.07, 6.45) is 5.72. The quantitative estimate of drug-likeness (QED) is 0.292. The number of esters is 1. The molecule has 0 unspecified atom stereocenters. The predicted molar refractivity (Wildman–Crippen MR) is 147 cm³/mol. The molecule has 2 heterocycles. The molecule has 38 heavy (non-hydrogen) atoms. The summed E-state index contributed by atoms with van der Waals surface area (Å²) in [5, 5.41) is 0. The van der Waals surface area contributed by atoms with E-state index in [1.54, 1.807) is 25.3 Å². The molecule has 9 heteroatoms. The third-order valence-corrected chi connectivity index (χ3v) is 6.97. The first-order valence-electron chi connectivity index (χ1n) is 12.2. The third-order valence-electron chi connectivity index (χ3n) is 5.97. The number of carbonyl (C=O) groups is 1. The fraction of sp³-hybridized carbons (Fsp3) is 0.276. The van der Waals surface area contributed by atoms with Crippen molar-refractivity contribution in [3.8, 4) is 17.2 Å². The summed E-state index contributed by atoms with van der Waals surface area (Å²) in [5.41, 5.74) is 2.47. The van der Waals surface area contributed by atoms with E-state index in [2.05, 4.69) is 11.6 Å². The van der Waals surface area contributed by atoms with Gasteiger partial charge >= 0.3 is 5.97 Å². The van der Waals surface area contributed by atoms with Crippen molar-refractivity contribution >= 4 is 23.4 Å². The lowest BCUT2D eigenvalue weighted by Crippen LogP contribution is -2.39. The molecule has 1 aromatic heterocycles. The zero-order valence-corrected chi connectivity index (χ0v) is 22.7. The van der Waals surface area contributed by atoms with Gasteiger partial charge in [0.2, 0.25) is 0 Å². The Labute approximate surface area is 224 Å². The number of fused-ring (bicyclic) bond motifs is 1. The van der Waals surface area contributed by atoms with E-state index in [1.165, 1.54) is 29.2 Å². The van der Waals surface area contributed by atoms with Crippen LogP contribution in [0.1, 0.15) is 36.6 Å². The van der Waals surface area contributed by atoms with Gasteiger partial charge < -0.3 is 18.9 Å². The molecular formula is C29H30N2O6S. The van der Waals surface area contributed by atoms with Gasteiger partial charge in [-0.05, 0) is 67.3 Å². The second-order valence-corrected chi connectivity index (χ2v) is 9.32. The largest absolute Gasteiger partial charge is 0.496 e. The normalized spacial score (nSPS) is 14.7. The van der Waals surface area contributed by atoms with E-state index in [0.29, 0.717) is 46.0 Å². The van der Waals surface area contributed by atoms with E-state index in [0.717, 1.165) is 16.9 Å². The Hall–Kier alpha value is -4.11. The van der Waals surface area contributed by atoms with E-state index in [-0.39, 0.29) is 11.1 Å². The van der Waals surface area contributed by atoms with Gasteiger partial charge in [-0.25, -0.2) is 9.79 Å². The first kappa shape index (κ1) is 26.9. The predicted octanol–water partition coefficient (Wildman–Crippen LogP) is 3.55. The highest BCUT2D eigenvalue weighted by atomic mass is 32.1. The molecule has 2 aromatic carbocycles. The Morgan fingerprint density at radius 1 is 1.08 bits per heavy atom. The average Bonchev–Trinajstić information content (AvgIpc) is 3.24. The van der Waals surface area contributed by atoms with Crippen LogP contribution in [-0.2, 0) is 16.0 Å². The van der Waals surface area contributed by atoms with Crippen LogP contribution in [0.4, 0.5) is 0 Å². The lowest BCUT2D eigenvalue weighted by atomic mass is 9.97. The summed E-state index contributed by atoms with van der Waals surface area (Å²) in [7, 11) is 2.93. The van der Waals surface area contributed by atoms with Crippen molar-refractivity contribution < 1.29 is 23.7 Å². The second-order valence-electron chi connectivity index (χ2n) is 8.31. The number of hydrogen-bond donors (Lipinski definition) is 0. The summed E-state index contributed by atoms with van der Waals surface area (Å²) in [4.78, 5) is 31.5. The number of methoxy groups -OCH3 is 2. The van der Waals surface area contributed by atoms with E-state index >= 15 is 0 Å². The number of carbonyl (C=O) groups excluding carboxylic acids is 1. The number of hydrogen-bond acceptors (Lipinski definition) is 8. The zero-order valence-electron chi connectivity index (χ0n) is 21.9. The summed E-state index contributed by atoms with van der Waals surface area (Å²) in [6, 6.07) is 10.4. The van der Waals surface area contributed by atoms with Gasteiger partial charge in [0.15, 0.2) is 16.3 Å². The standard InChI is InChI=1S/C29H30N2O6S/c1-6-9-19-14-18(10-12-22(19)34-4)15-25-27(32)31-26(21(28(33)35-5)17-30-29(31)38-25)20-11-13-23(36-7-2)24(16-20)37-8-3/h6,10-17,26H,1,7-9H2,2-5H3/b25-15-/t26-/m1/s1. The molecule has 0 fully saturated rings. The van der Waals surface area contributed by atoms with Crippen LogP contribution in [0, 0.1) is 0 Å². The van der Waals surface area contributed by atoms with Gasteiger partial charge in [-0.2, -0.15) is 0 Å². The van der Waals surface area contributed by atoms with Crippen LogP contribution in [0.3, 0.4) is 0 Å². The monoisotopic (exact) mass is 534 g/mol. The minimum absolute atomic E-state index is 0.246. The number of benzene rings is 2. The van der Waals surface area contributed by atoms with Crippen LogP contribution < -0.4 is 29.1 Å². The molecule has 0 saturated carbocycles. The Kier molecular flexibility index (Phi) is 8.48. The molecule has 0 aliphatic carbocycles. The van der Waals surface area contributed by atoms with Gasteiger partial charge in [0, 0.05) is 6.20 Å². The Morgan fingerprint density at radius 3 is 2.50 bits per heavy atom. The molecule has 0 radical (unpaired) electrons. The van der Waals surface area contributed by atoms with Crippen LogP contribution >= 0.6 is 11.3 Å². The van der Waals surface area contributed by atoms with Crippen molar-refractivity contribution in [1.29, 1.82) is 0 Å². The highest BCUT2D eigenvalue weighted by molar-refractivity contribution is 7.07. The fourth-order valence-electron chi connectivity index (χ4n) is 4.34. The average molecular weight is 535 g/mol. The summed E-state index contributed by atoms with van der Waals surface area (Å²) in [6.45, 7) is 8.49. The van der Waals surface area contributed by atoms with Crippen LogP contribution in [0.5, 0.6) is 17.2 Å². The molecule has 0 N–H and O–H groups in total. The zero-order chi connectivity index (χ0) is 27.2. The molecule has 1 aliphatic rings. The van der Waals surface area contributed by atoms with Crippen molar-refractivity contribution in [2.75, 3.05) is 27.4 Å². The van der Waals surface area contributed by atoms with Gasteiger partial charge in [0.25, 0.3) is 5.56 Å². The molecule has 0 amide bonds. The van der Waals surface area contributed by atoms with E-state index in [4.69, 9.17) is 18.9 Å². The number of rotatable bonds is 10. The number of thiazole rings is 1. The van der Waals surface area contributed by atoms with Crippen molar-refractivity contribution in [1.82, 2.24) is 4.57 Å². The molecule has 1 atom stereocenters. The van der Waals surface area contributed by atoms with E-state index in [9.17, 15) is 9.59 Å². The Balaban J connectivity index is 1.88. The minimum atomic E-state index is -0.747. The Morgan fingerprint density at radius 2 is 1.82 bits per heavy atom. The van der Waals surface area contributed by atoms with Gasteiger partial charge in [-0.15, -0.1) is 6.58 Å². The molecule has 0 spiro atoms. The smallest absolute Gasteiger partial charge is 0.337 e. The summed E-state index contributed by atoms with van der Waals surface area (Å²) in [5.74, 6) is 1.31. The maximum atomic E-state index is 13.8. The van der Waals surface area contributed by atoms with Crippen LogP contribution in [-0.4, -0.2) is 38.0 Å². The third kappa shape index (κ3) is 5.28. The van der Waals surface area contributed by atoms with E-state index < -0.39 is 12.0 Å². The van der Waals surface area contributed by atoms with E-state index in [1.807, 2.05) is 44.2 Å². The van der Waals surface area contributed by atoms with Gasteiger partial charge in [0.1, 0.15) is 5.75 Å². The van der Waals surface area contributed by atoms with Crippen molar-refractivity contribution in [2.24, 2.45) is 4.99 Å². The van der Waals surface area contributed by atoms with Crippen LogP contribution in [0.15, 0.2) is 70.6 Å². The van der Waals surface area contributed by atoms with Crippen molar-refractivity contribution in [2.45, 2.75) is 26.3 Å². The topological polar surface area (TPSA) is 88.4 Å². The van der Waals surface area contributed by atoms with Crippen LogP contribution in [0.2, 0.25) is 0 Å². The number of nitrogens with zero attached hydrogens (tertiary/aromatic N) is 2. The molecular weight excluding hydrogens is 504 g/mol. The molecule has 0 saturated heterocycles. The van der Waals surface area contributed by atoms with Gasteiger partial charge in [-0.3, -0.25) is 9.36 Å². The second kappa shape index (κ2) is 12.0. The van der Waals surface area contributed by atoms with Gasteiger partial charge in [-0.1, -0.05) is 29.5 Å². The van der Waals surface area contributed by atoms with Crippen molar-refractivity contribution in [3.63, 3.8) is 0 Å². The first-order valence-corrected chi connectivity index (χ1v) is 13.0. The highest BCUT2D eigenvalue weighted by Crippen LogP contribution is 2.35. The SMILES string of the molecule is C=CCc1cc(/C=c2\sc3n(c2=O)[C@H](c2ccc(OCC)c(OCC)c2)C(C(=O)OC)=CN=3)ccc1OC. The Bertz CT molecular complexity index is 1570. The number of allylic oxidation sites excluding steroid dienone is 1. The maximum Gasteiger partial charge on any atom is 0.337 e. The minimum Gasteiger partial charge on any atom is -0.496 e. The molecule has 3 aromatic rings. The molecule has 0 bridgehead atoms. The summed E-state index contributed by atoms with van der Waals surface area (Å²) >= 11 is 1.26. The molecule has 8 nitrogen and oxygen atoms in total. The molecule has 198 valence electrons. The van der Waals surface area contributed by atoms with Crippen LogP contribution in [0.25, 0.3) is 6.08 Å². The lowest BCUT2D eigenvalue weighted by molar-refractivity contribution is -0.136. The summed E-state index contributed by atoms with van der Waals surface area (Å²) < 4.78 is 24.0. The maximum absolute atomic E-state index is 13.8. The highest BCUT2D eigenvalue weighted by Gasteiger charge is 2.31. The first-order chi connectivity index (χ1) is 18.4. The lowest BCUT2D eigenvalue weighted by Gasteiger charge is -2.23. The fourth-order valence-corrected chi connectivity index (χ4v) is 5.31. The molecule has 1 aliphatic heterocycles.